The van der Waals surface area contributed by atoms with Crippen LogP contribution in [0.2, 0.25) is 0 Å². The Bertz CT molecular complexity index is 641. The normalized spacial score (nSPS) is 19.5. The fourth-order valence-electron chi connectivity index (χ4n) is 2.71. The highest BCUT2D eigenvalue weighted by atomic mass is 32.2. The fraction of sp³-hybridized carbons (Fsp3) is 0.562. The number of likely N-dealkylation sites (tertiary alicyclic amines) is 1. The van der Waals surface area contributed by atoms with Crippen molar-refractivity contribution in [2.75, 3.05) is 20.1 Å². The highest BCUT2D eigenvalue weighted by Gasteiger charge is 2.29. The molecular weight excluding hydrogens is 300 g/mol. The molecule has 1 aromatic rings. The van der Waals surface area contributed by atoms with Gasteiger partial charge in [0.05, 0.1) is 15.7 Å². The lowest BCUT2D eigenvalue weighted by Gasteiger charge is -2.33. The van der Waals surface area contributed by atoms with Gasteiger partial charge in [-0.05, 0) is 45.9 Å². The molecule has 1 fully saturated rings. The zero-order chi connectivity index (χ0) is 16.3. The summed E-state index contributed by atoms with van der Waals surface area (Å²) in [5.41, 5.74) is 0.285. The number of carbonyl (C=O) groups excluding carboxylic acids is 1. The van der Waals surface area contributed by atoms with Gasteiger partial charge in [-0.25, -0.2) is 8.42 Å². The standard InChI is InChI=1S/C16H24N2O3S/c1-12(2)22(20,21)15-9-5-4-8-14(15)16(19)18-10-6-7-13(11-18)17-3/h4-5,8-9,12-13,17H,6-7,10-11H2,1-3H3. The van der Waals surface area contributed by atoms with Gasteiger partial charge in [0.15, 0.2) is 9.84 Å². The maximum Gasteiger partial charge on any atom is 0.255 e. The van der Waals surface area contributed by atoms with Crippen LogP contribution in [-0.4, -0.2) is 50.7 Å². The van der Waals surface area contributed by atoms with E-state index in [1.165, 1.54) is 6.07 Å². The van der Waals surface area contributed by atoms with Gasteiger partial charge in [-0.1, -0.05) is 12.1 Å². The molecule has 0 radical (unpaired) electrons. The average Bonchev–Trinajstić information content (AvgIpc) is 2.54. The van der Waals surface area contributed by atoms with E-state index in [0.29, 0.717) is 13.1 Å². The second kappa shape index (κ2) is 6.79. The zero-order valence-corrected chi connectivity index (χ0v) is 14.2. The number of rotatable bonds is 4. The van der Waals surface area contributed by atoms with E-state index in [4.69, 9.17) is 0 Å². The van der Waals surface area contributed by atoms with Crippen LogP contribution in [0.5, 0.6) is 0 Å². The van der Waals surface area contributed by atoms with E-state index < -0.39 is 15.1 Å². The van der Waals surface area contributed by atoms with Gasteiger partial charge in [0, 0.05) is 19.1 Å². The third kappa shape index (κ3) is 3.33. The molecule has 6 heteroatoms. The third-order valence-electron chi connectivity index (χ3n) is 4.16. The molecule has 0 bridgehead atoms. The Balaban J connectivity index is 2.35. The van der Waals surface area contributed by atoms with Crippen molar-refractivity contribution in [3.05, 3.63) is 29.8 Å². The Morgan fingerprint density at radius 3 is 2.64 bits per heavy atom. The summed E-state index contributed by atoms with van der Waals surface area (Å²) >= 11 is 0. The van der Waals surface area contributed by atoms with E-state index in [1.54, 1.807) is 36.9 Å². The minimum absolute atomic E-state index is 0.140. The second-order valence-corrected chi connectivity index (χ2v) is 8.44. The van der Waals surface area contributed by atoms with Crippen LogP contribution in [0, 0.1) is 0 Å². The molecule has 1 heterocycles. The summed E-state index contributed by atoms with van der Waals surface area (Å²) in [5, 5.41) is 2.64. The van der Waals surface area contributed by atoms with E-state index in [1.807, 2.05) is 7.05 Å². The summed E-state index contributed by atoms with van der Waals surface area (Å²) in [6.07, 6.45) is 1.96. The van der Waals surface area contributed by atoms with Crippen LogP contribution in [0.25, 0.3) is 0 Å². The van der Waals surface area contributed by atoms with Gasteiger partial charge < -0.3 is 10.2 Å². The van der Waals surface area contributed by atoms with Crippen LogP contribution in [0.4, 0.5) is 0 Å². The smallest absolute Gasteiger partial charge is 0.255 e. The maximum atomic E-state index is 12.8. The maximum absolute atomic E-state index is 12.8. The van der Waals surface area contributed by atoms with Crippen LogP contribution in [0.3, 0.4) is 0 Å². The lowest BCUT2D eigenvalue weighted by molar-refractivity contribution is 0.0694. The number of hydrogen-bond donors (Lipinski definition) is 1. The summed E-state index contributed by atoms with van der Waals surface area (Å²) in [5.74, 6) is -0.195. The second-order valence-electron chi connectivity index (χ2n) is 5.97. The number of nitrogens with zero attached hydrogens (tertiary/aromatic N) is 1. The number of hydrogen-bond acceptors (Lipinski definition) is 4. The molecule has 0 saturated carbocycles. The lowest BCUT2D eigenvalue weighted by atomic mass is 10.0. The van der Waals surface area contributed by atoms with Gasteiger partial charge in [-0.3, -0.25) is 4.79 Å². The van der Waals surface area contributed by atoms with Crippen LogP contribution in [0.15, 0.2) is 29.2 Å². The summed E-state index contributed by atoms with van der Waals surface area (Å²) in [6.45, 7) is 4.56. The first kappa shape index (κ1) is 17.0. The molecule has 1 aliphatic rings. The van der Waals surface area contributed by atoms with Crippen LogP contribution in [-0.2, 0) is 9.84 Å². The Hall–Kier alpha value is -1.40. The Labute approximate surface area is 132 Å². The molecule has 1 aromatic carbocycles. The largest absolute Gasteiger partial charge is 0.337 e. The molecule has 1 amide bonds. The van der Waals surface area contributed by atoms with Gasteiger partial charge in [0.2, 0.25) is 0 Å². The van der Waals surface area contributed by atoms with E-state index in [-0.39, 0.29) is 22.4 Å². The molecule has 5 nitrogen and oxygen atoms in total. The first-order chi connectivity index (χ1) is 10.4. The first-order valence-corrected chi connectivity index (χ1v) is 9.22. The Morgan fingerprint density at radius 2 is 2.00 bits per heavy atom. The van der Waals surface area contributed by atoms with Gasteiger partial charge in [-0.15, -0.1) is 0 Å². The van der Waals surface area contributed by atoms with Gasteiger partial charge >= 0.3 is 0 Å². The number of amides is 1. The zero-order valence-electron chi connectivity index (χ0n) is 13.4. The molecule has 1 aliphatic heterocycles. The van der Waals surface area contributed by atoms with Crippen molar-refractivity contribution in [3.63, 3.8) is 0 Å². The summed E-state index contributed by atoms with van der Waals surface area (Å²) in [4.78, 5) is 14.7. The number of likely N-dealkylation sites (N-methyl/N-ethyl adjacent to an activating group) is 1. The first-order valence-electron chi connectivity index (χ1n) is 7.67. The quantitative estimate of drug-likeness (QED) is 0.915. The van der Waals surface area contributed by atoms with Gasteiger partial charge in [0.1, 0.15) is 0 Å². The van der Waals surface area contributed by atoms with Crippen LogP contribution in [0.1, 0.15) is 37.0 Å². The van der Waals surface area contributed by atoms with Crippen molar-refractivity contribution in [1.82, 2.24) is 10.2 Å². The molecular formula is C16H24N2O3S. The monoisotopic (exact) mass is 324 g/mol. The Kier molecular flexibility index (Phi) is 5.24. The third-order valence-corrected chi connectivity index (χ3v) is 6.37. The van der Waals surface area contributed by atoms with Gasteiger partial charge in [0.25, 0.3) is 5.91 Å². The summed E-state index contributed by atoms with van der Waals surface area (Å²) in [6, 6.07) is 6.79. The number of sulfone groups is 1. The number of nitrogens with one attached hydrogen (secondary N) is 1. The molecule has 122 valence electrons. The van der Waals surface area contributed by atoms with Crippen molar-refractivity contribution in [3.8, 4) is 0 Å². The minimum atomic E-state index is -3.47. The van der Waals surface area contributed by atoms with Crippen molar-refractivity contribution in [2.24, 2.45) is 0 Å². The molecule has 0 spiro atoms. The number of piperidine rings is 1. The molecule has 22 heavy (non-hydrogen) atoms. The molecule has 0 aliphatic carbocycles. The van der Waals surface area contributed by atoms with Gasteiger partial charge in [-0.2, -0.15) is 0 Å². The Morgan fingerprint density at radius 1 is 1.32 bits per heavy atom. The van der Waals surface area contributed by atoms with E-state index in [0.717, 1.165) is 12.8 Å². The molecule has 0 aromatic heterocycles. The molecule has 1 N–H and O–H groups in total. The topological polar surface area (TPSA) is 66.5 Å². The summed E-state index contributed by atoms with van der Waals surface area (Å²) in [7, 11) is -1.59. The molecule has 1 unspecified atom stereocenters. The lowest BCUT2D eigenvalue weighted by Crippen LogP contribution is -2.47. The molecule has 1 atom stereocenters. The van der Waals surface area contributed by atoms with Crippen molar-refractivity contribution in [2.45, 2.75) is 42.9 Å². The highest BCUT2D eigenvalue weighted by Crippen LogP contribution is 2.23. The predicted molar refractivity (Wildman–Crippen MR) is 86.7 cm³/mol. The summed E-state index contributed by atoms with van der Waals surface area (Å²) < 4.78 is 25.0. The molecule has 2 rings (SSSR count). The average molecular weight is 324 g/mol. The highest BCUT2D eigenvalue weighted by molar-refractivity contribution is 7.92. The van der Waals surface area contributed by atoms with Crippen molar-refractivity contribution < 1.29 is 13.2 Å². The van der Waals surface area contributed by atoms with Crippen molar-refractivity contribution in [1.29, 1.82) is 0 Å². The van der Waals surface area contributed by atoms with E-state index in [9.17, 15) is 13.2 Å². The van der Waals surface area contributed by atoms with Crippen LogP contribution >= 0.6 is 0 Å². The van der Waals surface area contributed by atoms with Crippen LogP contribution < -0.4 is 5.32 Å². The van der Waals surface area contributed by atoms with E-state index >= 15 is 0 Å². The number of benzene rings is 1. The minimum Gasteiger partial charge on any atom is -0.337 e. The number of carbonyl (C=O) groups is 1. The predicted octanol–water partition coefficient (Wildman–Crippen LogP) is 1.69. The van der Waals surface area contributed by atoms with E-state index in [2.05, 4.69) is 5.32 Å². The molecule has 1 saturated heterocycles. The fourth-order valence-corrected chi connectivity index (χ4v) is 3.95. The van der Waals surface area contributed by atoms with Crippen molar-refractivity contribution >= 4 is 15.7 Å². The SMILES string of the molecule is CNC1CCCN(C(=O)c2ccccc2S(=O)(=O)C(C)C)C1.